The molecule has 196 valence electrons. The number of likely N-dealkylation sites (tertiary alicyclic amines) is 1. The number of carbonyl (C=O) groups is 3. The van der Waals surface area contributed by atoms with Crippen molar-refractivity contribution >= 4 is 45.7 Å². The number of hydrogen-bond donors (Lipinski definition) is 1. The summed E-state index contributed by atoms with van der Waals surface area (Å²) in [5, 5.41) is 17.1. The first-order valence-electron chi connectivity index (χ1n) is 12.5. The van der Waals surface area contributed by atoms with Crippen molar-refractivity contribution in [1.82, 2.24) is 30.0 Å². The lowest BCUT2D eigenvalue weighted by Crippen LogP contribution is -2.57. The van der Waals surface area contributed by atoms with E-state index in [1.54, 1.807) is 28.3 Å². The van der Waals surface area contributed by atoms with Gasteiger partial charge in [0, 0.05) is 30.4 Å². The van der Waals surface area contributed by atoms with E-state index in [1.807, 2.05) is 36.4 Å². The topological polar surface area (TPSA) is 139 Å². The Hall–Kier alpha value is -4.63. The molecule has 1 spiro atoms. The highest BCUT2D eigenvalue weighted by molar-refractivity contribution is 7.12. The fraction of sp³-hybridized carbons (Fsp3) is 0.296. The molecule has 0 aliphatic carbocycles. The van der Waals surface area contributed by atoms with Crippen LogP contribution in [0.4, 0.5) is 5.69 Å². The maximum absolute atomic E-state index is 13.9. The highest BCUT2D eigenvalue weighted by Gasteiger charge is 2.54. The number of piperidine rings is 1. The molecule has 2 aliphatic rings. The fourth-order valence-corrected chi connectivity index (χ4v) is 6.16. The van der Waals surface area contributed by atoms with Gasteiger partial charge in [0.1, 0.15) is 21.5 Å². The fourth-order valence-electron chi connectivity index (χ4n) is 5.42. The van der Waals surface area contributed by atoms with Gasteiger partial charge in [0.2, 0.25) is 5.91 Å². The number of H-pyrrole nitrogens is 1. The van der Waals surface area contributed by atoms with Crippen molar-refractivity contribution in [3.05, 3.63) is 70.4 Å². The van der Waals surface area contributed by atoms with E-state index in [0.29, 0.717) is 47.0 Å². The first-order valence-corrected chi connectivity index (χ1v) is 13.4. The van der Waals surface area contributed by atoms with Gasteiger partial charge >= 0.3 is 0 Å². The van der Waals surface area contributed by atoms with Crippen LogP contribution in [0.5, 0.6) is 0 Å². The van der Waals surface area contributed by atoms with Crippen LogP contribution < -0.4 is 4.90 Å². The minimum Gasteiger partial charge on any atom is -0.339 e. The average molecular weight is 541 g/mol. The zero-order valence-electron chi connectivity index (χ0n) is 20.9. The molecule has 2 saturated heterocycles. The summed E-state index contributed by atoms with van der Waals surface area (Å²) < 4.78 is 0. The van der Waals surface area contributed by atoms with Crippen LogP contribution in [0.1, 0.15) is 33.1 Å². The van der Waals surface area contributed by atoms with Gasteiger partial charge in [0.25, 0.3) is 5.91 Å². The van der Waals surface area contributed by atoms with Crippen molar-refractivity contribution in [2.75, 3.05) is 31.2 Å². The Kier molecular flexibility index (Phi) is 6.28. The summed E-state index contributed by atoms with van der Waals surface area (Å²) in [7, 11) is 0. The molecular formula is C27H24N8O3S. The summed E-state index contributed by atoms with van der Waals surface area (Å²) in [5.41, 5.74) is 1.15. The molecule has 3 aromatic heterocycles. The zero-order chi connectivity index (χ0) is 27.0. The van der Waals surface area contributed by atoms with Gasteiger partial charge in [-0.2, -0.15) is 10.4 Å². The quantitative estimate of drug-likeness (QED) is 0.393. The number of aromatic amines is 1. The van der Waals surface area contributed by atoms with E-state index in [-0.39, 0.29) is 37.2 Å². The number of carbonyl (C=O) groups excluding carboxylic acids is 3. The third kappa shape index (κ3) is 4.51. The Morgan fingerprint density at radius 3 is 2.64 bits per heavy atom. The smallest absolute Gasteiger partial charge is 0.255 e. The second-order valence-corrected chi connectivity index (χ2v) is 10.8. The average Bonchev–Trinajstić information content (AvgIpc) is 3.69. The third-order valence-corrected chi connectivity index (χ3v) is 8.28. The second kappa shape index (κ2) is 9.92. The second-order valence-electron chi connectivity index (χ2n) is 9.71. The molecule has 1 aromatic carbocycles. The number of pyridine rings is 1. The van der Waals surface area contributed by atoms with Gasteiger partial charge < -0.3 is 14.7 Å². The molecule has 2 amide bonds. The van der Waals surface area contributed by atoms with E-state index in [1.165, 1.54) is 17.5 Å². The van der Waals surface area contributed by atoms with Crippen molar-refractivity contribution in [3.63, 3.8) is 0 Å². The number of rotatable bonds is 6. The lowest BCUT2D eigenvalue weighted by Gasteiger charge is -2.43. The molecule has 1 N–H and O–H groups in total. The molecule has 0 atom stereocenters. The zero-order valence-corrected chi connectivity index (χ0v) is 21.7. The van der Waals surface area contributed by atoms with Crippen molar-refractivity contribution in [3.8, 4) is 6.07 Å². The van der Waals surface area contributed by atoms with Crippen LogP contribution in [-0.4, -0.2) is 79.4 Å². The van der Waals surface area contributed by atoms with Crippen LogP contribution in [0.3, 0.4) is 0 Å². The minimum absolute atomic E-state index is 0.0373. The van der Waals surface area contributed by atoms with Gasteiger partial charge in [-0.05, 0) is 31.0 Å². The monoisotopic (exact) mass is 540 g/mol. The lowest BCUT2D eigenvalue weighted by atomic mass is 9.85. The van der Waals surface area contributed by atoms with Gasteiger partial charge in [-0.15, -0.1) is 11.3 Å². The van der Waals surface area contributed by atoms with Crippen molar-refractivity contribution in [2.45, 2.75) is 24.8 Å². The number of thiazole rings is 1. The Balaban J connectivity index is 1.20. The Morgan fingerprint density at radius 2 is 1.90 bits per heavy atom. The first-order chi connectivity index (χ1) is 19.0. The standard InChI is InChI=1S/C27H24N8O3S/c28-12-22-15-29-23(39-22)11-21(36)16-34-17-35(20-4-2-1-3-5-20)27(26(34)38)6-8-33(9-7-27)25(37)19-10-18-14-31-32-24(18)30-13-19/h1-5,10,13-15H,6-9,11,16-17H2,(H,30,31,32). The number of ketones is 1. The normalized spacial score (nSPS) is 16.7. The van der Waals surface area contributed by atoms with Gasteiger partial charge in [0.15, 0.2) is 11.4 Å². The number of nitrogens with zero attached hydrogens (tertiary/aromatic N) is 7. The number of anilines is 1. The van der Waals surface area contributed by atoms with Gasteiger partial charge in [-0.25, -0.2) is 9.97 Å². The van der Waals surface area contributed by atoms with E-state index in [2.05, 4.69) is 25.1 Å². The van der Waals surface area contributed by atoms with Gasteiger partial charge in [-0.1, -0.05) is 18.2 Å². The number of nitriles is 1. The number of para-hydroxylation sites is 1. The van der Waals surface area contributed by atoms with Gasteiger partial charge in [0.05, 0.1) is 37.6 Å². The number of nitrogens with one attached hydrogen (secondary N) is 1. The van der Waals surface area contributed by atoms with E-state index < -0.39 is 5.54 Å². The first kappa shape index (κ1) is 24.7. The molecule has 0 radical (unpaired) electrons. The van der Waals surface area contributed by atoms with Crippen LogP contribution >= 0.6 is 11.3 Å². The molecule has 0 bridgehead atoms. The molecular weight excluding hydrogens is 516 g/mol. The molecule has 2 fully saturated rings. The molecule has 4 aromatic rings. The number of Topliss-reactive ketones (excluding diaryl/α,β-unsaturated/α-hetero) is 1. The molecule has 2 aliphatic heterocycles. The van der Waals surface area contributed by atoms with E-state index in [4.69, 9.17) is 5.26 Å². The molecule has 0 saturated carbocycles. The van der Waals surface area contributed by atoms with E-state index in [9.17, 15) is 14.4 Å². The van der Waals surface area contributed by atoms with Crippen LogP contribution in [0.25, 0.3) is 11.0 Å². The summed E-state index contributed by atoms with van der Waals surface area (Å²) >= 11 is 1.19. The molecule has 6 rings (SSSR count). The number of aromatic nitrogens is 4. The SMILES string of the molecule is N#Cc1cnc(CC(=O)CN2CN(c3ccccc3)C3(CCN(C(=O)c4cnc5[nH]ncc5c4)CC3)C2=O)s1. The molecule has 0 unspecified atom stereocenters. The largest absolute Gasteiger partial charge is 0.339 e. The van der Waals surface area contributed by atoms with E-state index in [0.717, 1.165) is 11.1 Å². The molecule has 12 heteroatoms. The number of amides is 2. The van der Waals surface area contributed by atoms with Crippen molar-refractivity contribution in [2.24, 2.45) is 0 Å². The maximum Gasteiger partial charge on any atom is 0.255 e. The summed E-state index contributed by atoms with van der Waals surface area (Å²) in [6.45, 7) is 1.04. The lowest BCUT2D eigenvalue weighted by molar-refractivity contribution is -0.136. The highest BCUT2D eigenvalue weighted by Crippen LogP contribution is 2.39. The number of benzene rings is 1. The van der Waals surface area contributed by atoms with Crippen molar-refractivity contribution in [1.29, 1.82) is 5.26 Å². The summed E-state index contributed by atoms with van der Waals surface area (Å²) in [5.74, 6) is -0.378. The predicted molar refractivity (Wildman–Crippen MR) is 143 cm³/mol. The molecule has 5 heterocycles. The Labute approximate surface area is 227 Å². The number of fused-ring (bicyclic) bond motifs is 1. The minimum atomic E-state index is -0.847. The Morgan fingerprint density at radius 1 is 1.10 bits per heavy atom. The van der Waals surface area contributed by atoms with Crippen molar-refractivity contribution < 1.29 is 14.4 Å². The summed E-state index contributed by atoms with van der Waals surface area (Å²) in [4.78, 5) is 54.4. The van der Waals surface area contributed by atoms with Crippen LogP contribution in [0.15, 0.2) is 55.0 Å². The van der Waals surface area contributed by atoms with Crippen LogP contribution in [0, 0.1) is 11.3 Å². The van der Waals surface area contributed by atoms with Crippen LogP contribution in [-0.2, 0) is 16.0 Å². The predicted octanol–water partition coefficient (Wildman–Crippen LogP) is 2.38. The summed E-state index contributed by atoms with van der Waals surface area (Å²) in [6, 6.07) is 13.5. The third-order valence-electron chi connectivity index (χ3n) is 7.38. The molecule has 39 heavy (non-hydrogen) atoms. The van der Waals surface area contributed by atoms with E-state index >= 15 is 0 Å². The van der Waals surface area contributed by atoms with Gasteiger partial charge in [-0.3, -0.25) is 19.5 Å². The number of hydrogen-bond acceptors (Lipinski definition) is 9. The summed E-state index contributed by atoms with van der Waals surface area (Å²) in [6.07, 6.45) is 5.59. The highest BCUT2D eigenvalue weighted by atomic mass is 32.1. The molecule has 11 nitrogen and oxygen atoms in total. The Bertz CT molecular complexity index is 1600. The maximum atomic E-state index is 13.9. The van der Waals surface area contributed by atoms with Crippen LogP contribution in [0.2, 0.25) is 0 Å².